The first-order valence-electron chi connectivity index (χ1n) is 13.6. The number of nitrogens with one attached hydrogen (secondary N) is 1. The molecule has 1 saturated heterocycles. The second kappa shape index (κ2) is 11.4. The fourth-order valence-electron chi connectivity index (χ4n) is 4.98. The van der Waals surface area contributed by atoms with Crippen LogP contribution in [-0.2, 0) is 28.9 Å². The highest BCUT2D eigenvalue weighted by Gasteiger charge is 2.71. The second-order valence-electron chi connectivity index (χ2n) is 10.5. The van der Waals surface area contributed by atoms with Crippen LogP contribution < -0.4 is 19.5 Å². The van der Waals surface area contributed by atoms with Crippen LogP contribution in [0.1, 0.15) is 42.8 Å². The molecule has 45 heavy (non-hydrogen) atoms. The first kappa shape index (κ1) is 31.8. The molecule has 2 N–H and O–H groups in total. The third kappa shape index (κ3) is 5.69. The minimum atomic E-state index is -6.04. The molecule has 240 valence electrons. The number of aromatic nitrogens is 2. The van der Waals surface area contributed by atoms with Crippen molar-refractivity contribution < 1.29 is 55.2 Å². The predicted octanol–water partition coefficient (Wildman–Crippen LogP) is 5.27. The summed E-state index contributed by atoms with van der Waals surface area (Å²) < 4.78 is 97.4. The third-order valence-electron chi connectivity index (χ3n) is 7.35. The molecule has 1 fully saturated rings. The summed E-state index contributed by atoms with van der Waals surface area (Å²) >= 11 is 0. The van der Waals surface area contributed by atoms with Crippen LogP contribution in [0.5, 0.6) is 23.1 Å². The number of nitrogens with zero attached hydrogens (tertiary/aromatic N) is 3. The number of rotatable bonds is 8. The number of ether oxygens (including phenoxy) is 3. The summed E-state index contributed by atoms with van der Waals surface area (Å²) in [5, 5.41) is 12.5. The smallest absolute Gasteiger partial charge is 0.430 e. The molecule has 0 saturated carbocycles. The number of imide groups is 1. The van der Waals surface area contributed by atoms with E-state index in [4.69, 9.17) is 14.2 Å². The summed E-state index contributed by atoms with van der Waals surface area (Å²) in [6.07, 6.45) is -10.4. The molecule has 0 bridgehead atoms. The van der Waals surface area contributed by atoms with Crippen molar-refractivity contribution >= 4 is 11.9 Å². The van der Waals surface area contributed by atoms with E-state index in [1.807, 2.05) is 0 Å². The number of pyridine rings is 2. The minimum absolute atomic E-state index is 0.0166. The van der Waals surface area contributed by atoms with Gasteiger partial charge in [-0.05, 0) is 49.2 Å². The van der Waals surface area contributed by atoms with Gasteiger partial charge in [-0.2, -0.15) is 26.3 Å². The van der Waals surface area contributed by atoms with Gasteiger partial charge in [-0.15, -0.1) is 0 Å². The minimum Gasteiger partial charge on any atom is -0.484 e. The van der Waals surface area contributed by atoms with Crippen LogP contribution in [0.2, 0.25) is 0 Å². The zero-order valence-electron chi connectivity index (χ0n) is 23.8. The van der Waals surface area contributed by atoms with E-state index in [0.717, 1.165) is 11.0 Å². The molecule has 2 aromatic heterocycles. The van der Waals surface area contributed by atoms with Crippen molar-refractivity contribution in [3.63, 3.8) is 0 Å². The van der Waals surface area contributed by atoms with E-state index in [2.05, 4.69) is 15.3 Å². The van der Waals surface area contributed by atoms with E-state index >= 15 is 0 Å². The highest BCUT2D eigenvalue weighted by molar-refractivity contribution is 6.06. The number of amides is 3. The van der Waals surface area contributed by atoms with Crippen molar-refractivity contribution in [1.29, 1.82) is 0 Å². The quantitative estimate of drug-likeness (QED) is 0.252. The molecular weight excluding hydrogens is 614 g/mol. The van der Waals surface area contributed by atoms with Gasteiger partial charge >= 0.3 is 18.4 Å². The Morgan fingerprint density at radius 3 is 2.42 bits per heavy atom. The molecule has 4 heterocycles. The maximum atomic E-state index is 13.5. The monoisotopic (exact) mass is 640 g/mol. The molecule has 0 aliphatic carbocycles. The lowest BCUT2D eigenvalue weighted by atomic mass is 9.90. The van der Waals surface area contributed by atoms with Crippen LogP contribution in [0.25, 0.3) is 0 Å². The lowest BCUT2D eigenvalue weighted by Crippen LogP contribution is -2.53. The standard InChI is InChI=1S/C29H26F6N4O6/c1-3-4-16-13-17(27(42,28(30,31)32)29(33,34)35)5-6-20(16)45-19-9-10-36-18(14-19)15-39-24(40)26(2,38-25(39)41)22-8-7-21-23(37-22)44-12-11-43-21/h5-10,13-14,42H,3-4,11-12,15H2,1-2H3,(H,38,41). The molecule has 2 aliphatic rings. The molecule has 16 heteroatoms. The summed E-state index contributed by atoms with van der Waals surface area (Å²) in [7, 11) is 0. The molecule has 5 rings (SSSR count). The van der Waals surface area contributed by atoms with Gasteiger partial charge in [0.1, 0.15) is 24.7 Å². The van der Waals surface area contributed by atoms with Gasteiger partial charge in [-0.3, -0.25) is 14.7 Å². The Bertz CT molecular complexity index is 1620. The molecule has 1 atom stereocenters. The summed E-state index contributed by atoms with van der Waals surface area (Å²) in [4.78, 5) is 35.7. The van der Waals surface area contributed by atoms with Gasteiger partial charge in [0.15, 0.2) is 11.3 Å². The Labute approximate surface area is 251 Å². The number of aryl methyl sites for hydroxylation is 1. The summed E-state index contributed by atoms with van der Waals surface area (Å²) in [5.41, 5.74) is -7.63. The van der Waals surface area contributed by atoms with Crippen molar-refractivity contribution in [1.82, 2.24) is 20.2 Å². The Kier molecular flexibility index (Phi) is 8.06. The maximum Gasteiger partial charge on any atom is 0.430 e. The van der Waals surface area contributed by atoms with Gasteiger partial charge in [0.2, 0.25) is 0 Å². The topological polar surface area (TPSA) is 123 Å². The summed E-state index contributed by atoms with van der Waals surface area (Å²) in [6, 6.07) is 7.15. The van der Waals surface area contributed by atoms with Gasteiger partial charge < -0.3 is 24.6 Å². The first-order chi connectivity index (χ1) is 21.1. The number of urea groups is 1. The normalized spacial score (nSPS) is 18.6. The van der Waals surface area contributed by atoms with Gasteiger partial charge in [-0.1, -0.05) is 19.4 Å². The van der Waals surface area contributed by atoms with E-state index < -0.39 is 41.0 Å². The highest BCUT2D eigenvalue weighted by atomic mass is 19.4. The molecule has 1 aromatic carbocycles. The van der Waals surface area contributed by atoms with E-state index in [1.165, 1.54) is 31.3 Å². The zero-order valence-corrected chi connectivity index (χ0v) is 23.8. The lowest BCUT2D eigenvalue weighted by molar-refractivity contribution is -0.376. The predicted molar refractivity (Wildman–Crippen MR) is 142 cm³/mol. The van der Waals surface area contributed by atoms with Crippen molar-refractivity contribution in [2.45, 2.75) is 56.7 Å². The van der Waals surface area contributed by atoms with Crippen LogP contribution in [0.3, 0.4) is 0 Å². The van der Waals surface area contributed by atoms with Crippen LogP contribution in [0.4, 0.5) is 31.1 Å². The van der Waals surface area contributed by atoms with Crippen LogP contribution in [0.15, 0.2) is 48.7 Å². The molecule has 0 radical (unpaired) electrons. The number of alkyl halides is 6. The lowest BCUT2D eigenvalue weighted by Gasteiger charge is -2.33. The maximum absolute atomic E-state index is 13.5. The number of benzene rings is 1. The molecule has 3 aromatic rings. The fraction of sp³-hybridized carbons (Fsp3) is 0.379. The van der Waals surface area contributed by atoms with Gasteiger partial charge in [-0.25, -0.2) is 9.78 Å². The van der Waals surface area contributed by atoms with Crippen molar-refractivity contribution in [3.05, 3.63) is 71.2 Å². The second-order valence-corrected chi connectivity index (χ2v) is 10.5. The van der Waals surface area contributed by atoms with Gasteiger partial charge in [0.05, 0.1) is 17.9 Å². The van der Waals surface area contributed by atoms with Gasteiger partial charge in [0.25, 0.3) is 17.4 Å². The number of aliphatic hydroxyl groups is 1. The molecule has 2 aliphatic heterocycles. The Morgan fingerprint density at radius 2 is 1.73 bits per heavy atom. The number of hydrogen-bond acceptors (Lipinski definition) is 8. The molecule has 0 spiro atoms. The van der Waals surface area contributed by atoms with Crippen LogP contribution in [-0.4, -0.2) is 57.5 Å². The first-order valence-corrected chi connectivity index (χ1v) is 13.6. The molecule has 1 unspecified atom stereocenters. The number of carbonyl (C=O) groups excluding carboxylic acids is 2. The molecule has 10 nitrogen and oxygen atoms in total. The molecule has 3 amide bonds. The zero-order chi connectivity index (χ0) is 32.8. The number of halogens is 6. The van der Waals surface area contributed by atoms with Crippen LogP contribution in [0, 0.1) is 0 Å². The number of hydrogen-bond donors (Lipinski definition) is 2. The van der Waals surface area contributed by atoms with Gasteiger partial charge in [0, 0.05) is 17.8 Å². The number of fused-ring (bicyclic) bond motifs is 1. The third-order valence-corrected chi connectivity index (χ3v) is 7.35. The van der Waals surface area contributed by atoms with Crippen LogP contribution >= 0.6 is 0 Å². The average Bonchev–Trinajstić information content (AvgIpc) is 3.20. The Morgan fingerprint density at radius 1 is 1.02 bits per heavy atom. The van der Waals surface area contributed by atoms with Crippen molar-refractivity contribution in [3.8, 4) is 23.1 Å². The number of carbonyl (C=O) groups is 2. The van der Waals surface area contributed by atoms with E-state index in [0.29, 0.717) is 30.9 Å². The molecular formula is C29H26F6N4O6. The fourth-order valence-corrected chi connectivity index (χ4v) is 4.98. The van der Waals surface area contributed by atoms with E-state index in [9.17, 15) is 41.0 Å². The highest BCUT2D eigenvalue weighted by Crippen LogP contribution is 2.50. The summed E-state index contributed by atoms with van der Waals surface area (Å²) in [5.74, 6) is -0.0280. The SMILES string of the molecule is CCCc1cc(C(O)(C(F)(F)F)C(F)(F)F)ccc1Oc1ccnc(CN2C(=O)NC(C)(c3ccc4c(n3)OCCO4)C2=O)c1. The average molecular weight is 641 g/mol. The van der Waals surface area contributed by atoms with E-state index in [1.54, 1.807) is 13.0 Å². The Hall–Kier alpha value is -4.60. The van der Waals surface area contributed by atoms with Crippen molar-refractivity contribution in [2.75, 3.05) is 13.2 Å². The van der Waals surface area contributed by atoms with Crippen molar-refractivity contribution in [2.24, 2.45) is 0 Å². The summed E-state index contributed by atoms with van der Waals surface area (Å²) in [6.45, 7) is 3.45. The Balaban J connectivity index is 1.38. The van der Waals surface area contributed by atoms with E-state index in [-0.39, 0.29) is 53.9 Å². The largest absolute Gasteiger partial charge is 0.484 e.